The Hall–Kier alpha value is -1.72. The molecule has 2 aromatic rings. The van der Waals surface area contributed by atoms with Crippen molar-refractivity contribution in [2.45, 2.75) is 26.3 Å². The van der Waals surface area contributed by atoms with Crippen LogP contribution in [0.1, 0.15) is 25.7 Å². The Morgan fingerprint density at radius 1 is 1.25 bits per heavy atom. The summed E-state index contributed by atoms with van der Waals surface area (Å²) in [6, 6.07) is 9.73. The fraction of sp³-hybridized carbons (Fsp3) is 0.467. The van der Waals surface area contributed by atoms with Crippen LogP contribution >= 0.6 is 0 Å². The third-order valence-corrected chi connectivity index (χ3v) is 3.13. The molecule has 0 radical (unpaired) electrons. The molecule has 0 fully saturated rings. The summed E-state index contributed by atoms with van der Waals surface area (Å²) in [5.41, 5.74) is 0.933. The molecule has 2 N–H and O–H groups in total. The molecule has 1 aromatic carbocycles. The van der Waals surface area contributed by atoms with Crippen molar-refractivity contribution < 1.29 is 9.52 Å². The minimum atomic E-state index is 0.254. The Balaban J connectivity index is 1.74. The van der Waals surface area contributed by atoms with Gasteiger partial charge >= 0.3 is 0 Å². The molecule has 0 amide bonds. The quantitative estimate of drug-likeness (QED) is 0.723. The lowest BCUT2D eigenvalue weighted by Gasteiger charge is -2.06. The van der Waals surface area contributed by atoms with E-state index in [-0.39, 0.29) is 6.61 Å². The third kappa shape index (κ3) is 4.43. The van der Waals surface area contributed by atoms with Crippen molar-refractivity contribution in [3.8, 4) is 11.5 Å². The lowest BCUT2D eigenvalue weighted by Crippen LogP contribution is -2.16. The van der Waals surface area contributed by atoms with Crippen LogP contribution in [0.5, 0.6) is 0 Å². The average molecular weight is 275 g/mol. The highest BCUT2D eigenvalue weighted by Gasteiger charge is 2.07. The summed E-state index contributed by atoms with van der Waals surface area (Å²) in [7, 11) is 0. The van der Waals surface area contributed by atoms with E-state index in [1.54, 1.807) is 0 Å². The van der Waals surface area contributed by atoms with Gasteiger partial charge in [0, 0.05) is 12.2 Å². The SMILES string of the molecule is CC(CO)CCCNCc1nnc(-c2ccccc2)o1. The van der Waals surface area contributed by atoms with E-state index in [2.05, 4.69) is 15.5 Å². The van der Waals surface area contributed by atoms with Gasteiger partial charge in [-0.05, 0) is 37.4 Å². The second-order valence-corrected chi connectivity index (χ2v) is 4.97. The average Bonchev–Trinajstić information content (AvgIpc) is 2.96. The van der Waals surface area contributed by atoms with Gasteiger partial charge in [0.25, 0.3) is 0 Å². The predicted molar refractivity (Wildman–Crippen MR) is 76.9 cm³/mol. The van der Waals surface area contributed by atoms with E-state index in [0.29, 0.717) is 24.2 Å². The minimum Gasteiger partial charge on any atom is -0.419 e. The fourth-order valence-electron chi connectivity index (χ4n) is 1.88. The number of nitrogens with zero attached hydrogens (tertiary/aromatic N) is 2. The van der Waals surface area contributed by atoms with E-state index < -0.39 is 0 Å². The maximum atomic E-state index is 8.93. The zero-order valence-corrected chi connectivity index (χ0v) is 11.7. The molecule has 0 saturated carbocycles. The summed E-state index contributed by atoms with van der Waals surface area (Å²) >= 11 is 0. The van der Waals surface area contributed by atoms with Gasteiger partial charge in [-0.3, -0.25) is 0 Å². The molecule has 0 spiro atoms. The van der Waals surface area contributed by atoms with Gasteiger partial charge in [0.2, 0.25) is 11.8 Å². The van der Waals surface area contributed by atoms with Crippen LogP contribution in [0.3, 0.4) is 0 Å². The zero-order valence-electron chi connectivity index (χ0n) is 11.7. The molecule has 5 nitrogen and oxygen atoms in total. The molecule has 0 aliphatic rings. The molecule has 1 aromatic heterocycles. The number of aromatic nitrogens is 2. The van der Waals surface area contributed by atoms with E-state index in [4.69, 9.17) is 9.52 Å². The van der Waals surface area contributed by atoms with Crippen LogP contribution in [0, 0.1) is 5.92 Å². The lowest BCUT2D eigenvalue weighted by atomic mass is 10.1. The number of rotatable bonds is 8. The predicted octanol–water partition coefficient (Wildman–Crippen LogP) is 2.23. The van der Waals surface area contributed by atoms with Crippen LogP contribution < -0.4 is 5.32 Å². The normalized spacial score (nSPS) is 12.5. The lowest BCUT2D eigenvalue weighted by molar-refractivity contribution is 0.228. The van der Waals surface area contributed by atoms with Gasteiger partial charge in [0.1, 0.15) is 0 Å². The number of aliphatic hydroxyl groups is 1. The Bertz CT molecular complexity index is 499. The van der Waals surface area contributed by atoms with Crippen LogP contribution in [0.15, 0.2) is 34.7 Å². The van der Waals surface area contributed by atoms with Crippen molar-refractivity contribution in [3.05, 3.63) is 36.2 Å². The summed E-state index contributed by atoms with van der Waals surface area (Å²) in [6.45, 7) is 3.76. The molecule has 1 atom stereocenters. The first-order valence-corrected chi connectivity index (χ1v) is 6.99. The van der Waals surface area contributed by atoms with Gasteiger partial charge in [-0.15, -0.1) is 10.2 Å². The maximum absolute atomic E-state index is 8.93. The summed E-state index contributed by atoms with van der Waals surface area (Å²) in [6.07, 6.45) is 2.05. The van der Waals surface area contributed by atoms with Crippen molar-refractivity contribution >= 4 is 0 Å². The maximum Gasteiger partial charge on any atom is 0.247 e. The Kier molecular flexibility index (Phi) is 5.70. The highest BCUT2D eigenvalue weighted by molar-refractivity contribution is 5.51. The molecule has 0 saturated heterocycles. The molecular formula is C15H21N3O2. The van der Waals surface area contributed by atoms with Gasteiger partial charge in [0.15, 0.2) is 0 Å². The molecule has 20 heavy (non-hydrogen) atoms. The van der Waals surface area contributed by atoms with Crippen molar-refractivity contribution in [2.75, 3.05) is 13.2 Å². The monoisotopic (exact) mass is 275 g/mol. The van der Waals surface area contributed by atoms with E-state index in [0.717, 1.165) is 24.9 Å². The summed E-state index contributed by atoms with van der Waals surface area (Å²) in [4.78, 5) is 0. The minimum absolute atomic E-state index is 0.254. The van der Waals surface area contributed by atoms with Crippen LogP contribution in [-0.2, 0) is 6.54 Å². The topological polar surface area (TPSA) is 71.2 Å². The molecule has 0 bridgehead atoms. The molecular weight excluding hydrogens is 254 g/mol. The van der Waals surface area contributed by atoms with Gasteiger partial charge in [-0.2, -0.15) is 0 Å². The number of nitrogens with one attached hydrogen (secondary N) is 1. The van der Waals surface area contributed by atoms with Crippen molar-refractivity contribution in [3.63, 3.8) is 0 Å². The van der Waals surface area contributed by atoms with Crippen LogP contribution in [-0.4, -0.2) is 28.5 Å². The van der Waals surface area contributed by atoms with Gasteiger partial charge in [-0.1, -0.05) is 25.1 Å². The van der Waals surface area contributed by atoms with Gasteiger partial charge in [-0.25, -0.2) is 0 Å². The second-order valence-electron chi connectivity index (χ2n) is 4.97. The summed E-state index contributed by atoms with van der Waals surface area (Å²) in [5.74, 6) is 1.51. The first-order chi connectivity index (χ1) is 9.79. The van der Waals surface area contributed by atoms with Gasteiger partial charge < -0.3 is 14.8 Å². The first kappa shape index (κ1) is 14.7. The third-order valence-electron chi connectivity index (χ3n) is 3.13. The van der Waals surface area contributed by atoms with Crippen LogP contribution in [0.2, 0.25) is 0 Å². The van der Waals surface area contributed by atoms with E-state index in [1.807, 2.05) is 37.3 Å². The molecule has 1 heterocycles. The number of benzene rings is 1. The Morgan fingerprint density at radius 2 is 2.05 bits per heavy atom. The van der Waals surface area contributed by atoms with Crippen molar-refractivity contribution in [1.82, 2.24) is 15.5 Å². The van der Waals surface area contributed by atoms with E-state index >= 15 is 0 Å². The van der Waals surface area contributed by atoms with E-state index in [1.165, 1.54) is 0 Å². The fourth-order valence-corrected chi connectivity index (χ4v) is 1.88. The second kappa shape index (κ2) is 7.77. The Morgan fingerprint density at radius 3 is 2.80 bits per heavy atom. The number of hydrogen-bond acceptors (Lipinski definition) is 5. The number of hydrogen-bond donors (Lipinski definition) is 2. The molecule has 5 heteroatoms. The standard InChI is InChI=1S/C15H21N3O2/c1-12(11-19)6-5-9-16-10-14-17-18-15(20-14)13-7-3-2-4-8-13/h2-4,7-8,12,16,19H,5-6,9-11H2,1H3. The summed E-state index contributed by atoms with van der Waals surface area (Å²) < 4.78 is 5.59. The first-order valence-electron chi connectivity index (χ1n) is 6.99. The van der Waals surface area contributed by atoms with Crippen LogP contribution in [0.25, 0.3) is 11.5 Å². The largest absolute Gasteiger partial charge is 0.419 e. The zero-order chi connectivity index (χ0) is 14.2. The molecule has 0 aliphatic heterocycles. The van der Waals surface area contributed by atoms with Crippen molar-refractivity contribution in [1.29, 1.82) is 0 Å². The van der Waals surface area contributed by atoms with Crippen molar-refractivity contribution in [2.24, 2.45) is 5.92 Å². The van der Waals surface area contributed by atoms with Crippen LogP contribution in [0.4, 0.5) is 0 Å². The molecule has 1 unspecified atom stereocenters. The van der Waals surface area contributed by atoms with Gasteiger partial charge in [0.05, 0.1) is 6.54 Å². The molecule has 108 valence electrons. The molecule has 2 rings (SSSR count). The highest BCUT2D eigenvalue weighted by atomic mass is 16.4. The highest BCUT2D eigenvalue weighted by Crippen LogP contribution is 2.16. The Labute approximate surface area is 119 Å². The number of aliphatic hydroxyl groups excluding tert-OH is 1. The summed E-state index contributed by atoms with van der Waals surface area (Å²) in [5, 5.41) is 20.3. The molecule has 0 aliphatic carbocycles. The van der Waals surface area contributed by atoms with E-state index in [9.17, 15) is 0 Å². The smallest absolute Gasteiger partial charge is 0.247 e.